The molecule has 1 aliphatic rings. The zero-order chi connectivity index (χ0) is 13.4. The fraction of sp³-hybridized carbons (Fsp3) is 0.235. The second-order valence-corrected chi connectivity index (χ2v) is 5.38. The fourth-order valence-electron chi connectivity index (χ4n) is 2.47. The molecule has 1 heterocycles. The van der Waals surface area contributed by atoms with Gasteiger partial charge >= 0.3 is 0 Å². The summed E-state index contributed by atoms with van der Waals surface area (Å²) >= 11 is 0. The molecule has 0 aromatic heterocycles. The molecular formula is C17H17NO. The Balaban J connectivity index is 2.01. The molecule has 0 atom stereocenters. The Bertz CT molecular complexity index is 643. The van der Waals surface area contributed by atoms with Crippen LogP contribution in [-0.2, 0) is 11.2 Å². The van der Waals surface area contributed by atoms with Crippen molar-refractivity contribution in [2.75, 3.05) is 5.32 Å². The molecule has 0 saturated heterocycles. The van der Waals surface area contributed by atoms with E-state index >= 15 is 0 Å². The number of benzene rings is 2. The monoisotopic (exact) mass is 251 g/mol. The largest absolute Gasteiger partial charge is 0.326 e. The average Bonchev–Trinajstić information content (AvgIpc) is 2.77. The maximum atomic E-state index is 11.4. The van der Waals surface area contributed by atoms with Gasteiger partial charge in [0.2, 0.25) is 5.91 Å². The highest BCUT2D eigenvalue weighted by Crippen LogP contribution is 2.30. The summed E-state index contributed by atoms with van der Waals surface area (Å²) in [6, 6.07) is 14.8. The van der Waals surface area contributed by atoms with Crippen molar-refractivity contribution in [3.8, 4) is 11.1 Å². The smallest absolute Gasteiger partial charge is 0.228 e. The Hall–Kier alpha value is -2.09. The van der Waals surface area contributed by atoms with Crippen molar-refractivity contribution >= 4 is 11.6 Å². The van der Waals surface area contributed by atoms with Crippen LogP contribution in [0.1, 0.15) is 30.9 Å². The normalized spacial score (nSPS) is 13.5. The van der Waals surface area contributed by atoms with Crippen LogP contribution >= 0.6 is 0 Å². The van der Waals surface area contributed by atoms with Crippen LogP contribution in [0, 0.1) is 0 Å². The molecule has 2 aromatic carbocycles. The van der Waals surface area contributed by atoms with Gasteiger partial charge in [-0.15, -0.1) is 0 Å². The summed E-state index contributed by atoms with van der Waals surface area (Å²) in [6.07, 6.45) is 0.502. The first kappa shape index (κ1) is 12.0. The van der Waals surface area contributed by atoms with E-state index in [0.717, 1.165) is 16.8 Å². The summed E-state index contributed by atoms with van der Waals surface area (Å²) in [7, 11) is 0. The first-order valence-corrected chi connectivity index (χ1v) is 6.66. The van der Waals surface area contributed by atoms with Crippen LogP contribution in [0.25, 0.3) is 11.1 Å². The van der Waals surface area contributed by atoms with E-state index in [1.54, 1.807) is 0 Å². The van der Waals surface area contributed by atoms with Gasteiger partial charge in [-0.3, -0.25) is 4.79 Å². The minimum atomic E-state index is 0.0862. The van der Waals surface area contributed by atoms with Crippen molar-refractivity contribution in [3.05, 3.63) is 53.6 Å². The number of carbonyl (C=O) groups excluding carboxylic acids is 1. The predicted octanol–water partition coefficient (Wildman–Crippen LogP) is 3.97. The van der Waals surface area contributed by atoms with Gasteiger partial charge < -0.3 is 5.32 Å². The van der Waals surface area contributed by atoms with E-state index in [4.69, 9.17) is 0 Å². The van der Waals surface area contributed by atoms with Crippen molar-refractivity contribution < 1.29 is 4.79 Å². The summed E-state index contributed by atoms with van der Waals surface area (Å²) in [5, 5.41) is 2.91. The number of carbonyl (C=O) groups is 1. The number of amides is 1. The Morgan fingerprint density at radius 2 is 1.84 bits per heavy atom. The molecule has 1 aliphatic heterocycles. The van der Waals surface area contributed by atoms with E-state index in [1.807, 2.05) is 6.07 Å². The quantitative estimate of drug-likeness (QED) is 0.859. The number of hydrogen-bond acceptors (Lipinski definition) is 1. The highest BCUT2D eigenvalue weighted by atomic mass is 16.1. The molecule has 96 valence electrons. The van der Waals surface area contributed by atoms with Gasteiger partial charge in [-0.05, 0) is 34.2 Å². The Morgan fingerprint density at radius 3 is 2.63 bits per heavy atom. The molecule has 2 aromatic rings. The van der Waals surface area contributed by atoms with Crippen molar-refractivity contribution in [1.82, 2.24) is 0 Å². The molecule has 0 unspecified atom stereocenters. The molecule has 3 rings (SSSR count). The predicted molar refractivity (Wildman–Crippen MR) is 78.3 cm³/mol. The molecular weight excluding hydrogens is 234 g/mol. The third-order valence-electron chi connectivity index (χ3n) is 3.62. The highest BCUT2D eigenvalue weighted by Gasteiger charge is 2.17. The van der Waals surface area contributed by atoms with Crippen LogP contribution in [-0.4, -0.2) is 5.91 Å². The van der Waals surface area contributed by atoms with Crippen molar-refractivity contribution in [2.45, 2.75) is 26.2 Å². The summed E-state index contributed by atoms with van der Waals surface area (Å²) in [5.41, 5.74) is 5.74. The lowest BCUT2D eigenvalue weighted by atomic mass is 9.96. The zero-order valence-electron chi connectivity index (χ0n) is 11.2. The van der Waals surface area contributed by atoms with E-state index in [0.29, 0.717) is 12.3 Å². The molecule has 0 fully saturated rings. The molecule has 0 radical (unpaired) electrons. The van der Waals surface area contributed by atoms with Gasteiger partial charge in [-0.2, -0.15) is 0 Å². The molecule has 1 amide bonds. The number of fused-ring (bicyclic) bond motifs is 1. The lowest BCUT2D eigenvalue weighted by molar-refractivity contribution is -0.115. The first-order valence-electron chi connectivity index (χ1n) is 6.66. The molecule has 0 saturated carbocycles. The Kier molecular flexibility index (Phi) is 2.86. The van der Waals surface area contributed by atoms with Crippen molar-refractivity contribution in [1.29, 1.82) is 0 Å². The van der Waals surface area contributed by atoms with Crippen molar-refractivity contribution in [2.24, 2.45) is 0 Å². The van der Waals surface area contributed by atoms with Crippen LogP contribution in [0.15, 0.2) is 42.5 Å². The molecule has 2 heteroatoms. The Labute approximate surface area is 113 Å². The molecule has 19 heavy (non-hydrogen) atoms. The van der Waals surface area contributed by atoms with Gasteiger partial charge in [0.25, 0.3) is 0 Å². The molecule has 1 N–H and O–H groups in total. The minimum absolute atomic E-state index is 0.0862. The summed E-state index contributed by atoms with van der Waals surface area (Å²) in [6.45, 7) is 4.39. The number of anilines is 1. The van der Waals surface area contributed by atoms with Gasteiger partial charge in [0.15, 0.2) is 0 Å². The number of nitrogens with one attached hydrogen (secondary N) is 1. The van der Waals surface area contributed by atoms with Crippen LogP contribution in [0.3, 0.4) is 0 Å². The van der Waals surface area contributed by atoms with Gasteiger partial charge in [0, 0.05) is 5.69 Å². The molecule has 0 aliphatic carbocycles. The second kappa shape index (κ2) is 4.54. The first-order chi connectivity index (χ1) is 9.13. The van der Waals surface area contributed by atoms with Gasteiger partial charge in [0.05, 0.1) is 6.42 Å². The van der Waals surface area contributed by atoms with Crippen LogP contribution in [0.4, 0.5) is 5.69 Å². The second-order valence-electron chi connectivity index (χ2n) is 5.38. The topological polar surface area (TPSA) is 29.1 Å². The fourth-order valence-corrected chi connectivity index (χ4v) is 2.47. The number of rotatable bonds is 2. The molecule has 0 bridgehead atoms. The third-order valence-corrected chi connectivity index (χ3v) is 3.62. The standard InChI is InChI=1S/C17H17NO/c1-11(2)12-4-3-5-13(8-12)14-6-7-15-10-17(19)18-16(15)9-14/h3-9,11H,10H2,1-2H3,(H,18,19). The van der Waals surface area contributed by atoms with E-state index < -0.39 is 0 Å². The van der Waals surface area contributed by atoms with Crippen molar-refractivity contribution in [3.63, 3.8) is 0 Å². The van der Waals surface area contributed by atoms with Gasteiger partial charge in [-0.1, -0.05) is 50.2 Å². The van der Waals surface area contributed by atoms with Gasteiger partial charge in [0.1, 0.15) is 0 Å². The zero-order valence-corrected chi connectivity index (χ0v) is 11.2. The van der Waals surface area contributed by atoms with Crippen LogP contribution < -0.4 is 5.32 Å². The molecule has 2 nitrogen and oxygen atoms in total. The van der Waals surface area contributed by atoms with Crippen LogP contribution in [0.5, 0.6) is 0 Å². The summed E-state index contributed by atoms with van der Waals surface area (Å²) in [5.74, 6) is 0.608. The highest BCUT2D eigenvalue weighted by molar-refractivity contribution is 5.99. The van der Waals surface area contributed by atoms with E-state index in [2.05, 4.69) is 55.6 Å². The SMILES string of the molecule is CC(C)c1cccc(-c2ccc3c(c2)NC(=O)C3)c1. The third kappa shape index (κ3) is 2.26. The maximum absolute atomic E-state index is 11.4. The minimum Gasteiger partial charge on any atom is -0.326 e. The van der Waals surface area contributed by atoms with Crippen LogP contribution in [0.2, 0.25) is 0 Å². The van der Waals surface area contributed by atoms with E-state index in [-0.39, 0.29) is 5.91 Å². The Morgan fingerprint density at radius 1 is 1.05 bits per heavy atom. The van der Waals surface area contributed by atoms with E-state index in [1.165, 1.54) is 11.1 Å². The van der Waals surface area contributed by atoms with E-state index in [9.17, 15) is 4.79 Å². The summed E-state index contributed by atoms with van der Waals surface area (Å²) < 4.78 is 0. The summed E-state index contributed by atoms with van der Waals surface area (Å²) in [4.78, 5) is 11.4. The average molecular weight is 251 g/mol. The lowest BCUT2D eigenvalue weighted by Gasteiger charge is -2.09. The number of hydrogen-bond donors (Lipinski definition) is 1. The van der Waals surface area contributed by atoms with Gasteiger partial charge in [-0.25, -0.2) is 0 Å². The maximum Gasteiger partial charge on any atom is 0.228 e. The molecule has 0 spiro atoms. The lowest BCUT2D eigenvalue weighted by Crippen LogP contribution is -2.03.